The standard InChI is InChI=1S/C8H7N3OS/c1-5-10-11-8(13-5)6-2-3-7(12)9-4-6/h2-4H,1H3,(H,9,12). The molecule has 66 valence electrons. The zero-order valence-corrected chi connectivity index (χ0v) is 7.76. The van der Waals surface area contributed by atoms with Crippen LogP contribution >= 0.6 is 11.3 Å². The van der Waals surface area contributed by atoms with Crippen LogP contribution in [0.1, 0.15) is 5.01 Å². The largest absolute Gasteiger partial charge is 0.328 e. The molecule has 2 rings (SSSR count). The Labute approximate surface area is 78.3 Å². The van der Waals surface area contributed by atoms with Gasteiger partial charge in [-0.05, 0) is 13.0 Å². The third kappa shape index (κ3) is 1.65. The number of nitrogens with zero attached hydrogens (tertiary/aromatic N) is 2. The molecule has 0 aliphatic rings. The summed E-state index contributed by atoms with van der Waals surface area (Å²) in [6.07, 6.45) is 1.64. The Hall–Kier alpha value is -1.49. The molecule has 0 saturated carbocycles. The monoisotopic (exact) mass is 193 g/mol. The number of rotatable bonds is 1. The van der Waals surface area contributed by atoms with Crippen molar-refractivity contribution in [3.05, 3.63) is 33.7 Å². The second-order valence-electron chi connectivity index (χ2n) is 2.57. The van der Waals surface area contributed by atoms with E-state index in [9.17, 15) is 4.79 Å². The van der Waals surface area contributed by atoms with Crippen LogP contribution < -0.4 is 5.56 Å². The highest BCUT2D eigenvalue weighted by Gasteiger charge is 2.02. The van der Waals surface area contributed by atoms with E-state index < -0.39 is 0 Å². The fraction of sp³-hybridized carbons (Fsp3) is 0.125. The Kier molecular flexibility index (Phi) is 1.94. The van der Waals surface area contributed by atoms with Gasteiger partial charge in [0.15, 0.2) is 0 Å². The number of hydrogen-bond acceptors (Lipinski definition) is 4. The third-order valence-corrected chi connectivity index (χ3v) is 2.44. The van der Waals surface area contributed by atoms with E-state index in [0.29, 0.717) is 0 Å². The number of H-pyrrole nitrogens is 1. The molecule has 0 amide bonds. The lowest BCUT2D eigenvalue weighted by Crippen LogP contribution is -2.01. The number of aromatic nitrogens is 3. The van der Waals surface area contributed by atoms with E-state index in [4.69, 9.17) is 0 Å². The minimum atomic E-state index is -0.106. The summed E-state index contributed by atoms with van der Waals surface area (Å²) in [7, 11) is 0. The molecule has 0 unspecified atom stereocenters. The van der Waals surface area contributed by atoms with Crippen molar-refractivity contribution < 1.29 is 0 Å². The molecule has 13 heavy (non-hydrogen) atoms. The summed E-state index contributed by atoms with van der Waals surface area (Å²) in [5.41, 5.74) is 0.787. The molecule has 0 saturated heterocycles. The fourth-order valence-electron chi connectivity index (χ4n) is 0.957. The van der Waals surface area contributed by atoms with Crippen molar-refractivity contribution in [1.29, 1.82) is 0 Å². The highest BCUT2D eigenvalue weighted by molar-refractivity contribution is 7.14. The molecular weight excluding hydrogens is 186 g/mol. The highest BCUT2D eigenvalue weighted by Crippen LogP contribution is 2.20. The minimum absolute atomic E-state index is 0.106. The van der Waals surface area contributed by atoms with E-state index in [-0.39, 0.29) is 5.56 Å². The summed E-state index contributed by atoms with van der Waals surface area (Å²) >= 11 is 1.50. The van der Waals surface area contributed by atoms with Crippen molar-refractivity contribution in [3.8, 4) is 10.6 Å². The molecule has 0 radical (unpaired) electrons. The normalized spacial score (nSPS) is 10.2. The van der Waals surface area contributed by atoms with E-state index in [1.807, 2.05) is 6.92 Å². The van der Waals surface area contributed by atoms with Gasteiger partial charge < -0.3 is 4.98 Å². The van der Waals surface area contributed by atoms with E-state index in [2.05, 4.69) is 15.2 Å². The third-order valence-electron chi connectivity index (χ3n) is 1.56. The van der Waals surface area contributed by atoms with Crippen molar-refractivity contribution in [2.45, 2.75) is 6.92 Å². The van der Waals surface area contributed by atoms with Gasteiger partial charge in [0.2, 0.25) is 5.56 Å². The molecular formula is C8H7N3OS. The summed E-state index contributed by atoms with van der Waals surface area (Å²) in [5.74, 6) is 0. The SMILES string of the molecule is Cc1nnc(-c2ccc(=O)[nH]c2)s1. The van der Waals surface area contributed by atoms with Gasteiger partial charge in [-0.1, -0.05) is 11.3 Å². The Morgan fingerprint density at radius 1 is 1.38 bits per heavy atom. The molecule has 2 aromatic rings. The lowest BCUT2D eigenvalue weighted by Gasteiger charge is -1.91. The topological polar surface area (TPSA) is 58.6 Å². The minimum Gasteiger partial charge on any atom is -0.328 e. The Morgan fingerprint density at radius 3 is 2.77 bits per heavy atom. The van der Waals surface area contributed by atoms with Gasteiger partial charge >= 0.3 is 0 Å². The van der Waals surface area contributed by atoms with Gasteiger partial charge in [0.25, 0.3) is 0 Å². The number of aromatic amines is 1. The predicted octanol–water partition coefficient (Wildman–Crippen LogP) is 1.20. The predicted molar refractivity (Wildman–Crippen MR) is 50.7 cm³/mol. The van der Waals surface area contributed by atoms with Crippen LogP contribution in [0.25, 0.3) is 10.6 Å². The lowest BCUT2D eigenvalue weighted by atomic mass is 10.3. The van der Waals surface area contributed by atoms with Crippen LogP contribution in [0.15, 0.2) is 23.1 Å². The van der Waals surface area contributed by atoms with Crippen molar-refractivity contribution in [1.82, 2.24) is 15.2 Å². The first-order chi connectivity index (χ1) is 6.25. The van der Waals surface area contributed by atoms with Gasteiger partial charge in [-0.25, -0.2) is 0 Å². The summed E-state index contributed by atoms with van der Waals surface area (Å²) < 4.78 is 0. The van der Waals surface area contributed by atoms with Gasteiger partial charge in [-0.3, -0.25) is 4.79 Å². The van der Waals surface area contributed by atoms with E-state index in [0.717, 1.165) is 15.6 Å². The molecule has 0 bridgehead atoms. The zero-order valence-electron chi connectivity index (χ0n) is 6.94. The average Bonchev–Trinajstić information content (AvgIpc) is 2.53. The summed E-state index contributed by atoms with van der Waals surface area (Å²) in [4.78, 5) is 13.4. The van der Waals surface area contributed by atoms with Crippen molar-refractivity contribution in [2.24, 2.45) is 0 Å². The van der Waals surface area contributed by atoms with Gasteiger partial charge in [0.1, 0.15) is 10.0 Å². The van der Waals surface area contributed by atoms with Crippen LogP contribution in [0.5, 0.6) is 0 Å². The number of hydrogen-bond donors (Lipinski definition) is 1. The van der Waals surface area contributed by atoms with E-state index in [1.165, 1.54) is 17.4 Å². The van der Waals surface area contributed by atoms with Gasteiger partial charge in [-0.2, -0.15) is 0 Å². The van der Waals surface area contributed by atoms with Gasteiger partial charge in [0, 0.05) is 17.8 Å². The number of pyridine rings is 1. The lowest BCUT2D eigenvalue weighted by molar-refractivity contribution is 1.05. The quantitative estimate of drug-likeness (QED) is 0.740. The van der Waals surface area contributed by atoms with Crippen molar-refractivity contribution >= 4 is 11.3 Å². The van der Waals surface area contributed by atoms with Crippen LogP contribution in [0.4, 0.5) is 0 Å². The Morgan fingerprint density at radius 2 is 2.23 bits per heavy atom. The van der Waals surface area contributed by atoms with Crippen LogP contribution in [0.3, 0.4) is 0 Å². The smallest absolute Gasteiger partial charge is 0.247 e. The molecule has 0 spiro atoms. The molecule has 0 aliphatic carbocycles. The molecule has 4 nitrogen and oxygen atoms in total. The highest BCUT2D eigenvalue weighted by atomic mass is 32.1. The van der Waals surface area contributed by atoms with Crippen molar-refractivity contribution in [3.63, 3.8) is 0 Å². The first-order valence-electron chi connectivity index (χ1n) is 3.75. The first-order valence-corrected chi connectivity index (χ1v) is 4.56. The van der Waals surface area contributed by atoms with Crippen LogP contribution in [-0.2, 0) is 0 Å². The average molecular weight is 193 g/mol. The molecule has 0 fully saturated rings. The maximum atomic E-state index is 10.8. The van der Waals surface area contributed by atoms with Crippen LogP contribution in [-0.4, -0.2) is 15.2 Å². The molecule has 0 atom stereocenters. The zero-order chi connectivity index (χ0) is 9.26. The molecule has 0 aliphatic heterocycles. The second-order valence-corrected chi connectivity index (χ2v) is 3.75. The summed E-state index contributed by atoms with van der Waals surface area (Å²) in [5, 5.41) is 9.60. The molecule has 0 aromatic carbocycles. The van der Waals surface area contributed by atoms with Gasteiger partial charge in [-0.15, -0.1) is 10.2 Å². The molecule has 5 heteroatoms. The Balaban J connectivity index is 2.47. The van der Waals surface area contributed by atoms with Gasteiger partial charge in [0.05, 0.1) is 0 Å². The summed E-state index contributed by atoms with van der Waals surface area (Å²) in [6.45, 7) is 1.90. The number of nitrogens with one attached hydrogen (secondary N) is 1. The first kappa shape index (κ1) is 8.12. The molecule has 1 N–H and O–H groups in total. The molecule has 2 aromatic heterocycles. The van der Waals surface area contributed by atoms with E-state index >= 15 is 0 Å². The second kappa shape index (κ2) is 3.10. The maximum absolute atomic E-state index is 10.8. The van der Waals surface area contributed by atoms with Crippen LogP contribution in [0.2, 0.25) is 0 Å². The Bertz CT molecular complexity index is 454. The maximum Gasteiger partial charge on any atom is 0.247 e. The van der Waals surface area contributed by atoms with Crippen LogP contribution in [0, 0.1) is 6.92 Å². The number of aryl methyl sites for hydroxylation is 1. The molecule has 2 heterocycles. The fourth-order valence-corrected chi connectivity index (χ4v) is 1.64. The van der Waals surface area contributed by atoms with Crippen molar-refractivity contribution in [2.75, 3.05) is 0 Å². The summed E-state index contributed by atoms with van der Waals surface area (Å²) in [6, 6.07) is 3.21. The van der Waals surface area contributed by atoms with E-state index in [1.54, 1.807) is 12.3 Å².